The van der Waals surface area contributed by atoms with E-state index in [0.29, 0.717) is 16.9 Å². The molecule has 2 aromatic rings. The third kappa shape index (κ3) is 3.44. The van der Waals surface area contributed by atoms with Crippen molar-refractivity contribution >= 4 is 45.7 Å². The lowest BCUT2D eigenvalue weighted by Gasteiger charge is -2.21. The van der Waals surface area contributed by atoms with E-state index in [2.05, 4.69) is 10.6 Å². The predicted molar refractivity (Wildman–Crippen MR) is 93.4 cm³/mol. The highest BCUT2D eigenvalue weighted by molar-refractivity contribution is 8.00. The average Bonchev–Trinajstić information content (AvgIpc) is 2.56. The van der Waals surface area contributed by atoms with Crippen LogP contribution in [0.2, 0.25) is 0 Å². The van der Waals surface area contributed by atoms with Gasteiger partial charge in [-0.05, 0) is 49.4 Å². The zero-order chi connectivity index (χ0) is 17.3. The first-order chi connectivity index (χ1) is 11.4. The molecule has 0 aliphatic carbocycles. The van der Waals surface area contributed by atoms with Gasteiger partial charge in [-0.15, -0.1) is 11.8 Å². The second-order valence-electron chi connectivity index (χ2n) is 5.22. The van der Waals surface area contributed by atoms with Gasteiger partial charge < -0.3 is 10.6 Å². The van der Waals surface area contributed by atoms with Gasteiger partial charge in [0.2, 0.25) is 5.91 Å². The summed E-state index contributed by atoms with van der Waals surface area (Å²) in [6.45, 7) is 1.82. The highest BCUT2D eigenvalue weighted by atomic mass is 32.2. The molecule has 1 aliphatic rings. The van der Waals surface area contributed by atoms with E-state index in [9.17, 15) is 18.0 Å². The van der Waals surface area contributed by atoms with E-state index in [1.807, 2.05) is 6.92 Å². The average molecular weight is 362 g/mol. The Morgan fingerprint density at radius 3 is 2.54 bits per heavy atom. The Morgan fingerprint density at radius 1 is 1.17 bits per heavy atom. The number of thioether (sulfide) groups is 1. The summed E-state index contributed by atoms with van der Waals surface area (Å²) in [6.07, 6.45) is 0. The van der Waals surface area contributed by atoms with Gasteiger partial charge in [-0.2, -0.15) is 0 Å². The number of hydrogen-bond donors (Lipinski definition) is 3. The van der Waals surface area contributed by atoms with E-state index in [-0.39, 0.29) is 22.0 Å². The zero-order valence-electron chi connectivity index (χ0n) is 12.6. The molecule has 124 valence electrons. The SMILES string of the molecule is C[C@H]1Sc2ccc(C(=O)Nc3ccc([SH](=O)=O)cc3)cc2NC1=O. The number of rotatable bonds is 3. The maximum absolute atomic E-state index is 12.3. The summed E-state index contributed by atoms with van der Waals surface area (Å²) in [5, 5.41) is 5.31. The topological polar surface area (TPSA) is 92.3 Å². The molecular formula is C16H14N2O4S2. The van der Waals surface area contributed by atoms with Crippen LogP contribution in [-0.4, -0.2) is 25.5 Å². The van der Waals surface area contributed by atoms with Gasteiger partial charge in [0, 0.05) is 16.1 Å². The van der Waals surface area contributed by atoms with Crippen molar-refractivity contribution in [2.75, 3.05) is 10.6 Å². The van der Waals surface area contributed by atoms with Crippen LogP contribution in [0.15, 0.2) is 52.3 Å². The molecule has 1 heterocycles. The van der Waals surface area contributed by atoms with Crippen LogP contribution >= 0.6 is 11.8 Å². The summed E-state index contributed by atoms with van der Waals surface area (Å²) in [5.41, 5.74) is 1.52. The summed E-state index contributed by atoms with van der Waals surface area (Å²) < 4.78 is 21.7. The molecule has 6 nitrogen and oxygen atoms in total. The van der Waals surface area contributed by atoms with Crippen molar-refractivity contribution in [3.8, 4) is 0 Å². The van der Waals surface area contributed by atoms with Crippen LogP contribution in [0.5, 0.6) is 0 Å². The second kappa shape index (κ2) is 6.66. The van der Waals surface area contributed by atoms with Crippen LogP contribution in [0, 0.1) is 0 Å². The molecule has 0 bridgehead atoms. The standard InChI is InChI=1S/C16H14N2O4S2/c1-9-15(19)18-13-8-10(2-7-14(13)23-9)16(20)17-11-3-5-12(6-4-11)24(21)22/h2-9,24H,1H3,(H,17,20)(H,18,19)/t9-/m1/s1. The number of benzene rings is 2. The fraction of sp³-hybridized carbons (Fsp3) is 0.125. The molecule has 24 heavy (non-hydrogen) atoms. The predicted octanol–water partition coefficient (Wildman–Crippen LogP) is 2.34. The molecule has 0 saturated heterocycles. The molecule has 1 atom stereocenters. The lowest BCUT2D eigenvalue weighted by molar-refractivity contribution is -0.115. The lowest BCUT2D eigenvalue weighted by Crippen LogP contribution is -2.26. The molecule has 3 rings (SSSR count). The van der Waals surface area contributed by atoms with Gasteiger partial charge in [-0.3, -0.25) is 9.59 Å². The van der Waals surface area contributed by atoms with E-state index in [4.69, 9.17) is 0 Å². The smallest absolute Gasteiger partial charge is 0.255 e. The summed E-state index contributed by atoms with van der Waals surface area (Å²) >= 11 is 1.45. The van der Waals surface area contributed by atoms with Crippen molar-refractivity contribution in [3.05, 3.63) is 48.0 Å². The van der Waals surface area contributed by atoms with E-state index in [1.54, 1.807) is 18.2 Å². The van der Waals surface area contributed by atoms with Crippen molar-refractivity contribution in [1.82, 2.24) is 0 Å². The van der Waals surface area contributed by atoms with Gasteiger partial charge in [0.15, 0.2) is 10.7 Å². The summed E-state index contributed by atoms with van der Waals surface area (Å²) in [5.74, 6) is -0.428. The van der Waals surface area contributed by atoms with Crippen LogP contribution in [0.4, 0.5) is 11.4 Å². The van der Waals surface area contributed by atoms with E-state index >= 15 is 0 Å². The van der Waals surface area contributed by atoms with Crippen LogP contribution in [0.3, 0.4) is 0 Å². The Morgan fingerprint density at radius 2 is 1.88 bits per heavy atom. The van der Waals surface area contributed by atoms with Crippen molar-refractivity contribution in [2.24, 2.45) is 0 Å². The van der Waals surface area contributed by atoms with E-state index in [1.165, 1.54) is 36.0 Å². The summed E-state index contributed by atoms with van der Waals surface area (Å²) in [4.78, 5) is 25.2. The third-order valence-electron chi connectivity index (χ3n) is 3.51. The number of anilines is 2. The largest absolute Gasteiger partial charge is 0.324 e. The van der Waals surface area contributed by atoms with Crippen molar-refractivity contribution in [3.63, 3.8) is 0 Å². The Hall–Kier alpha value is -2.32. The first-order valence-corrected chi connectivity index (χ1v) is 9.17. The number of nitrogens with one attached hydrogen (secondary N) is 2. The van der Waals surface area contributed by atoms with Crippen LogP contribution in [0.1, 0.15) is 17.3 Å². The van der Waals surface area contributed by atoms with Gasteiger partial charge in [0.25, 0.3) is 5.91 Å². The molecule has 0 fully saturated rings. The number of fused-ring (bicyclic) bond motifs is 1. The van der Waals surface area contributed by atoms with E-state index in [0.717, 1.165) is 4.90 Å². The van der Waals surface area contributed by atoms with Crippen molar-refractivity contribution in [2.45, 2.75) is 22.0 Å². The molecule has 1 aliphatic heterocycles. The Kier molecular flexibility index (Phi) is 4.59. The molecule has 2 amide bonds. The quantitative estimate of drug-likeness (QED) is 0.729. The number of carbonyl (C=O) groups is 2. The lowest BCUT2D eigenvalue weighted by atomic mass is 10.1. The normalized spacial score (nSPS) is 16.4. The summed E-state index contributed by atoms with van der Waals surface area (Å²) in [6, 6.07) is 11.0. The minimum Gasteiger partial charge on any atom is -0.324 e. The molecule has 2 N–H and O–H groups in total. The maximum atomic E-state index is 12.3. The minimum atomic E-state index is -2.64. The maximum Gasteiger partial charge on any atom is 0.255 e. The van der Waals surface area contributed by atoms with E-state index < -0.39 is 10.7 Å². The fourth-order valence-electron chi connectivity index (χ4n) is 2.22. The molecule has 0 spiro atoms. The Bertz CT molecular complexity index is 883. The first-order valence-electron chi connectivity index (χ1n) is 7.11. The van der Waals surface area contributed by atoms with Gasteiger partial charge in [-0.1, -0.05) is 0 Å². The highest BCUT2D eigenvalue weighted by Crippen LogP contribution is 2.36. The second-order valence-corrected chi connectivity index (χ2v) is 7.63. The molecule has 8 heteroatoms. The van der Waals surface area contributed by atoms with Crippen LogP contribution in [0.25, 0.3) is 0 Å². The molecule has 2 aromatic carbocycles. The zero-order valence-corrected chi connectivity index (χ0v) is 14.3. The molecule has 0 radical (unpaired) electrons. The molecular weight excluding hydrogens is 348 g/mol. The Balaban J connectivity index is 1.78. The number of thiol groups is 1. The van der Waals surface area contributed by atoms with Gasteiger partial charge in [0.1, 0.15) is 0 Å². The first kappa shape index (κ1) is 16.5. The highest BCUT2D eigenvalue weighted by Gasteiger charge is 2.23. The third-order valence-corrected chi connectivity index (χ3v) is 5.41. The number of amides is 2. The monoisotopic (exact) mass is 362 g/mol. The Labute approximate surface area is 144 Å². The van der Waals surface area contributed by atoms with Crippen LogP contribution in [-0.2, 0) is 15.5 Å². The summed E-state index contributed by atoms with van der Waals surface area (Å²) in [7, 11) is -2.64. The van der Waals surface area contributed by atoms with Crippen LogP contribution < -0.4 is 10.6 Å². The van der Waals surface area contributed by atoms with Crippen molar-refractivity contribution < 1.29 is 18.0 Å². The van der Waals surface area contributed by atoms with Gasteiger partial charge in [-0.25, -0.2) is 8.42 Å². The number of carbonyl (C=O) groups excluding carboxylic acids is 2. The van der Waals surface area contributed by atoms with Gasteiger partial charge in [0.05, 0.1) is 15.8 Å². The molecule has 0 unspecified atom stereocenters. The fourth-order valence-corrected chi connectivity index (χ4v) is 3.54. The number of hydrogen-bond acceptors (Lipinski definition) is 5. The molecule has 0 aromatic heterocycles. The minimum absolute atomic E-state index is 0.0904. The van der Waals surface area contributed by atoms with Crippen molar-refractivity contribution in [1.29, 1.82) is 0 Å². The van der Waals surface area contributed by atoms with Gasteiger partial charge >= 0.3 is 0 Å². The molecule has 0 saturated carbocycles.